The van der Waals surface area contributed by atoms with Crippen molar-refractivity contribution in [2.45, 2.75) is 19.9 Å². The van der Waals surface area contributed by atoms with Gasteiger partial charge in [0.25, 0.3) is 0 Å². The minimum atomic E-state index is 0. The van der Waals surface area contributed by atoms with E-state index < -0.39 is 0 Å². The molecule has 1 aliphatic carbocycles. The van der Waals surface area contributed by atoms with Crippen molar-refractivity contribution >= 4 is 36.7 Å². The Hall–Kier alpha value is -1.44. The van der Waals surface area contributed by atoms with Gasteiger partial charge in [0.1, 0.15) is 0 Å². The van der Waals surface area contributed by atoms with Crippen LogP contribution in [0.3, 0.4) is 0 Å². The molecule has 4 aromatic carbocycles. The number of rotatable bonds is 2. The van der Waals surface area contributed by atoms with Crippen LogP contribution in [0.4, 0.5) is 0 Å². The van der Waals surface area contributed by atoms with Gasteiger partial charge in [0.2, 0.25) is 0 Å². The molecule has 4 aromatic rings. The summed E-state index contributed by atoms with van der Waals surface area (Å²) in [7, 11) is 0.808. The summed E-state index contributed by atoms with van der Waals surface area (Å²) in [6, 6.07) is 33.1. The van der Waals surface area contributed by atoms with Gasteiger partial charge in [0.05, 0.1) is 0 Å². The van der Waals surface area contributed by atoms with Gasteiger partial charge in [0, 0.05) is 9.13 Å². The molecule has 0 aromatic heterocycles. The predicted octanol–water partition coefficient (Wildman–Crippen LogP) is -1.52. The van der Waals surface area contributed by atoms with Gasteiger partial charge in [-0.2, -0.15) is 22.4 Å². The van der Waals surface area contributed by atoms with E-state index in [1.807, 2.05) is 0 Å². The summed E-state index contributed by atoms with van der Waals surface area (Å²) in [5, 5.41) is 6.72. The van der Waals surface area contributed by atoms with Crippen molar-refractivity contribution in [2.75, 3.05) is 0 Å². The van der Waals surface area contributed by atoms with E-state index in [0.717, 1.165) is 15.2 Å². The van der Waals surface area contributed by atoms with Crippen LogP contribution in [0.15, 0.2) is 91.0 Å². The number of benzene rings is 3. The normalized spacial score (nSPS) is 12.5. The Balaban J connectivity index is 0.000000320. The predicted molar refractivity (Wildman–Crippen MR) is 123 cm³/mol. The molecule has 0 N–H and O–H groups in total. The molecular formula is C27H23Cl2SiZr. The van der Waals surface area contributed by atoms with Gasteiger partial charge in [-0.05, 0) is 11.6 Å². The molecule has 0 saturated carbocycles. The van der Waals surface area contributed by atoms with Gasteiger partial charge in [-0.15, -0.1) is 69.7 Å². The molecule has 5 rings (SSSR count). The van der Waals surface area contributed by atoms with Gasteiger partial charge in [-0.3, -0.25) is 0 Å². The Morgan fingerprint density at radius 1 is 0.806 bits per heavy atom. The fourth-order valence-electron chi connectivity index (χ4n) is 3.55. The Morgan fingerprint density at radius 2 is 1.45 bits per heavy atom. The molecule has 0 heterocycles. The zero-order valence-electron chi connectivity index (χ0n) is 17.6. The molecule has 31 heavy (non-hydrogen) atoms. The molecule has 153 valence electrons. The van der Waals surface area contributed by atoms with Crippen LogP contribution in [0.5, 0.6) is 0 Å². The van der Waals surface area contributed by atoms with Crippen molar-refractivity contribution in [3.63, 3.8) is 0 Å². The van der Waals surface area contributed by atoms with Crippen LogP contribution in [-0.4, -0.2) is 14.3 Å². The maximum absolute atomic E-state index is 3.55. The molecule has 1 aliphatic rings. The Bertz CT molecular complexity index is 1260. The van der Waals surface area contributed by atoms with Gasteiger partial charge in [-0.1, -0.05) is 56.3 Å². The zero-order valence-corrected chi connectivity index (χ0v) is 22.6. The van der Waals surface area contributed by atoms with Crippen LogP contribution in [0, 0.1) is 6.92 Å². The van der Waals surface area contributed by atoms with Gasteiger partial charge in [0.15, 0.2) is 0 Å². The minimum Gasteiger partial charge on any atom is -1.00 e. The van der Waals surface area contributed by atoms with E-state index in [2.05, 4.69) is 111 Å². The topological polar surface area (TPSA) is 0 Å². The minimum absolute atomic E-state index is 0. The second-order valence-corrected chi connectivity index (χ2v) is 8.32. The van der Waals surface area contributed by atoms with E-state index in [4.69, 9.17) is 0 Å². The number of hydrogen-bond acceptors (Lipinski definition) is 0. The second-order valence-electron chi connectivity index (χ2n) is 7.11. The standard InChI is InChI=1S/C17H14Si.C10H9.2ClH.Zr/c1-13-16-10-6-5-9-15(16)11-17(13)18-12-14-7-3-2-4-8-14;1-8-6-7-9-4-2-3-5-10(8)9;;;/h2-10H,12H2,1H3;2-7H,1H3;2*1H;/q2*-1;;;+4/p-2. The first-order chi connectivity index (χ1) is 13.7. The van der Waals surface area contributed by atoms with Crippen molar-refractivity contribution in [1.29, 1.82) is 0 Å². The van der Waals surface area contributed by atoms with Crippen LogP contribution in [-0.2, 0) is 32.2 Å². The van der Waals surface area contributed by atoms with Gasteiger partial charge in [-0.25, -0.2) is 0 Å². The summed E-state index contributed by atoms with van der Waals surface area (Å²) in [5.41, 5.74) is 4.18. The second kappa shape index (κ2) is 13.2. The fraction of sp³-hybridized carbons (Fsp3) is 0.111. The van der Waals surface area contributed by atoms with Crippen LogP contribution in [0.2, 0.25) is 0 Å². The third-order valence-electron chi connectivity index (χ3n) is 5.18. The maximum Gasteiger partial charge on any atom is 4.00 e. The third kappa shape index (κ3) is 6.77. The first kappa shape index (κ1) is 27.6. The van der Waals surface area contributed by atoms with E-state index >= 15 is 0 Å². The average molecular weight is 538 g/mol. The van der Waals surface area contributed by atoms with E-state index in [9.17, 15) is 0 Å². The maximum atomic E-state index is 3.55. The van der Waals surface area contributed by atoms with E-state index in [-0.39, 0.29) is 51.0 Å². The van der Waals surface area contributed by atoms with Gasteiger partial charge < -0.3 is 24.8 Å². The van der Waals surface area contributed by atoms with Crippen molar-refractivity contribution < 1.29 is 51.0 Å². The quantitative estimate of drug-likeness (QED) is 0.215. The number of hydrogen-bond donors (Lipinski definition) is 0. The molecule has 0 aliphatic heterocycles. The number of halogens is 2. The first-order valence-electron chi connectivity index (χ1n) is 9.68. The summed E-state index contributed by atoms with van der Waals surface area (Å²) < 4.78 is 0. The van der Waals surface area contributed by atoms with Gasteiger partial charge >= 0.3 is 26.2 Å². The molecule has 0 bridgehead atoms. The first-order valence-corrected chi connectivity index (χ1v) is 10.9. The fourth-order valence-corrected chi connectivity index (χ4v) is 4.79. The third-order valence-corrected chi connectivity index (χ3v) is 6.61. The average Bonchev–Trinajstić information content (AvgIpc) is 3.28. The summed E-state index contributed by atoms with van der Waals surface area (Å²) in [6.07, 6.45) is 3.55. The van der Waals surface area contributed by atoms with E-state index in [0.29, 0.717) is 0 Å². The summed E-state index contributed by atoms with van der Waals surface area (Å²) in [6.45, 7) is 4.36. The summed E-state index contributed by atoms with van der Waals surface area (Å²) in [4.78, 5) is 0. The van der Waals surface area contributed by atoms with Crippen LogP contribution in [0.25, 0.3) is 22.4 Å². The molecule has 0 unspecified atom stereocenters. The van der Waals surface area contributed by atoms with E-state index in [1.54, 1.807) is 0 Å². The number of aryl methyl sites for hydroxylation is 1. The molecule has 0 saturated heterocycles. The van der Waals surface area contributed by atoms with Crippen LogP contribution >= 0.6 is 0 Å². The van der Waals surface area contributed by atoms with Crippen LogP contribution in [0.1, 0.15) is 18.1 Å². The molecule has 0 amide bonds. The Kier molecular flexibility index (Phi) is 11.7. The molecule has 4 heteroatoms. The van der Waals surface area contributed by atoms with Crippen LogP contribution < -0.4 is 35.3 Å². The molecule has 0 atom stereocenters. The molecule has 1 radical (unpaired) electrons. The van der Waals surface area contributed by atoms with Crippen molar-refractivity contribution in [1.82, 2.24) is 0 Å². The number of fused-ring (bicyclic) bond motifs is 2. The summed E-state index contributed by atoms with van der Waals surface area (Å²) in [5.74, 6) is 0. The van der Waals surface area contributed by atoms with Crippen molar-refractivity contribution in [3.8, 4) is 0 Å². The summed E-state index contributed by atoms with van der Waals surface area (Å²) >= 11 is 0. The monoisotopic (exact) mass is 535 g/mol. The largest absolute Gasteiger partial charge is 4.00 e. The molecule has 0 nitrogen and oxygen atoms in total. The van der Waals surface area contributed by atoms with Crippen molar-refractivity contribution in [3.05, 3.63) is 113 Å². The molecule has 0 fully saturated rings. The smallest absolute Gasteiger partial charge is 1.00 e. The zero-order chi connectivity index (χ0) is 19.3. The van der Waals surface area contributed by atoms with Crippen molar-refractivity contribution in [2.24, 2.45) is 0 Å². The van der Waals surface area contributed by atoms with E-state index in [1.165, 1.54) is 43.1 Å². The SMILES string of the molecule is CC1=c2ccccc2=[C-]C1=[Si]Cc1ccccc1.Cc1c[cH-]c2ccccc12.[Cl-].[Cl-].[Zr+4]. The Morgan fingerprint density at radius 3 is 2.16 bits per heavy atom. The Labute approximate surface area is 218 Å². The molecule has 0 spiro atoms. The molecular weight excluding hydrogens is 515 g/mol.